The SMILES string of the molecule is CCCC(NCc1ncc(C)s1)c1ccc(Cl)cc1. The third-order valence-corrected chi connectivity index (χ3v) is 4.18. The molecule has 0 aliphatic carbocycles. The van der Waals surface area contributed by atoms with Crippen molar-refractivity contribution in [1.82, 2.24) is 10.3 Å². The fourth-order valence-electron chi connectivity index (χ4n) is 2.06. The van der Waals surface area contributed by atoms with E-state index in [1.54, 1.807) is 11.3 Å². The van der Waals surface area contributed by atoms with E-state index < -0.39 is 0 Å². The molecule has 1 atom stereocenters. The highest BCUT2D eigenvalue weighted by Gasteiger charge is 2.10. The summed E-state index contributed by atoms with van der Waals surface area (Å²) in [5, 5.41) is 5.52. The zero-order chi connectivity index (χ0) is 13.7. The van der Waals surface area contributed by atoms with Crippen molar-refractivity contribution in [3.8, 4) is 0 Å². The summed E-state index contributed by atoms with van der Waals surface area (Å²) in [6.45, 7) is 5.12. The summed E-state index contributed by atoms with van der Waals surface area (Å²) in [7, 11) is 0. The second-order valence-corrected chi connectivity index (χ2v) is 6.39. The Kier molecular flexibility index (Phi) is 5.37. The van der Waals surface area contributed by atoms with Crippen LogP contribution >= 0.6 is 22.9 Å². The quantitative estimate of drug-likeness (QED) is 0.832. The number of hydrogen-bond donors (Lipinski definition) is 1. The number of thiazole rings is 1. The van der Waals surface area contributed by atoms with Gasteiger partial charge in [-0.2, -0.15) is 0 Å². The van der Waals surface area contributed by atoms with Crippen molar-refractivity contribution in [1.29, 1.82) is 0 Å². The fourth-order valence-corrected chi connectivity index (χ4v) is 2.93. The van der Waals surface area contributed by atoms with Crippen molar-refractivity contribution >= 4 is 22.9 Å². The predicted molar refractivity (Wildman–Crippen MR) is 82.8 cm³/mol. The van der Waals surface area contributed by atoms with Gasteiger partial charge in [0.1, 0.15) is 5.01 Å². The van der Waals surface area contributed by atoms with E-state index in [4.69, 9.17) is 11.6 Å². The van der Waals surface area contributed by atoms with Gasteiger partial charge in [-0.05, 0) is 31.0 Å². The molecule has 1 N–H and O–H groups in total. The van der Waals surface area contributed by atoms with E-state index in [1.165, 1.54) is 10.4 Å². The number of halogens is 1. The normalized spacial score (nSPS) is 12.6. The van der Waals surface area contributed by atoms with Gasteiger partial charge in [-0.25, -0.2) is 4.98 Å². The van der Waals surface area contributed by atoms with E-state index >= 15 is 0 Å². The smallest absolute Gasteiger partial charge is 0.107 e. The first-order valence-electron chi connectivity index (χ1n) is 6.59. The minimum atomic E-state index is 0.367. The molecule has 1 aromatic carbocycles. The van der Waals surface area contributed by atoms with Crippen LogP contribution in [0.1, 0.15) is 41.3 Å². The molecule has 0 amide bonds. The summed E-state index contributed by atoms with van der Waals surface area (Å²) in [6.07, 6.45) is 4.20. The van der Waals surface area contributed by atoms with E-state index in [0.29, 0.717) is 6.04 Å². The highest BCUT2D eigenvalue weighted by atomic mass is 35.5. The molecule has 0 spiro atoms. The molecule has 0 fully saturated rings. The van der Waals surface area contributed by atoms with Crippen molar-refractivity contribution in [2.45, 2.75) is 39.3 Å². The number of rotatable bonds is 6. The lowest BCUT2D eigenvalue weighted by Crippen LogP contribution is -2.20. The van der Waals surface area contributed by atoms with Crippen molar-refractivity contribution in [2.75, 3.05) is 0 Å². The number of aromatic nitrogens is 1. The molecule has 0 saturated heterocycles. The van der Waals surface area contributed by atoms with E-state index in [0.717, 1.165) is 29.4 Å². The summed E-state index contributed by atoms with van der Waals surface area (Å²) < 4.78 is 0. The molecule has 2 rings (SSSR count). The van der Waals surface area contributed by atoms with E-state index in [-0.39, 0.29) is 0 Å². The van der Waals surface area contributed by atoms with E-state index in [1.807, 2.05) is 18.3 Å². The van der Waals surface area contributed by atoms with E-state index in [2.05, 4.69) is 36.3 Å². The van der Waals surface area contributed by atoms with Gasteiger partial charge in [0, 0.05) is 28.7 Å². The Morgan fingerprint density at radius 3 is 2.63 bits per heavy atom. The molecule has 2 aromatic rings. The van der Waals surface area contributed by atoms with Gasteiger partial charge in [-0.3, -0.25) is 0 Å². The molecule has 0 bridgehead atoms. The lowest BCUT2D eigenvalue weighted by molar-refractivity contribution is 0.493. The Morgan fingerprint density at radius 1 is 1.32 bits per heavy atom. The molecular weight excluding hydrogens is 276 g/mol. The number of aryl methyl sites for hydroxylation is 1. The number of hydrogen-bond acceptors (Lipinski definition) is 3. The van der Waals surface area contributed by atoms with Gasteiger partial charge in [-0.1, -0.05) is 37.1 Å². The van der Waals surface area contributed by atoms with Crippen molar-refractivity contribution in [3.63, 3.8) is 0 Å². The maximum Gasteiger partial charge on any atom is 0.107 e. The molecular formula is C15H19ClN2S. The Bertz CT molecular complexity index is 507. The maximum atomic E-state index is 5.94. The van der Waals surface area contributed by atoms with Crippen LogP contribution in [0.4, 0.5) is 0 Å². The average molecular weight is 295 g/mol. The number of benzene rings is 1. The molecule has 2 nitrogen and oxygen atoms in total. The third-order valence-electron chi connectivity index (χ3n) is 3.02. The Morgan fingerprint density at radius 2 is 2.05 bits per heavy atom. The Balaban J connectivity index is 2.01. The second kappa shape index (κ2) is 7.04. The monoisotopic (exact) mass is 294 g/mol. The van der Waals surface area contributed by atoms with Gasteiger partial charge in [0.25, 0.3) is 0 Å². The zero-order valence-corrected chi connectivity index (χ0v) is 12.9. The van der Waals surface area contributed by atoms with Crippen molar-refractivity contribution in [2.24, 2.45) is 0 Å². The lowest BCUT2D eigenvalue weighted by Gasteiger charge is -2.18. The molecule has 4 heteroatoms. The van der Waals surface area contributed by atoms with Crippen molar-refractivity contribution < 1.29 is 0 Å². The van der Waals surface area contributed by atoms with Crippen LogP contribution in [0.15, 0.2) is 30.5 Å². The highest BCUT2D eigenvalue weighted by molar-refractivity contribution is 7.11. The van der Waals surface area contributed by atoms with Gasteiger partial charge in [-0.15, -0.1) is 11.3 Å². The van der Waals surface area contributed by atoms with Crippen LogP contribution in [0.5, 0.6) is 0 Å². The minimum absolute atomic E-state index is 0.367. The van der Waals surface area contributed by atoms with Crippen molar-refractivity contribution in [3.05, 3.63) is 50.9 Å². The number of nitrogens with zero attached hydrogens (tertiary/aromatic N) is 1. The first-order valence-corrected chi connectivity index (χ1v) is 7.78. The van der Waals surface area contributed by atoms with Crippen LogP contribution in [0.3, 0.4) is 0 Å². The topological polar surface area (TPSA) is 24.9 Å². The first-order chi connectivity index (χ1) is 9.19. The van der Waals surface area contributed by atoms with Gasteiger partial charge in [0.05, 0.1) is 0 Å². The molecule has 0 saturated carbocycles. The van der Waals surface area contributed by atoms with Gasteiger partial charge < -0.3 is 5.32 Å². The summed E-state index contributed by atoms with van der Waals surface area (Å²) in [5.74, 6) is 0. The van der Waals surface area contributed by atoms with Crippen LogP contribution in [0.25, 0.3) is 0 Å². The second-order valence-electron chi connectivity index (χ2n) is 4.64. The van der Waals surface area contributed by atoms with E-state index in [9.17, 15) is 0 Å². The highest BCUT2D eigenvalue weighted by Crippen LogP contribution is 2.21. The van der Waals surface area contributed by atoms with Crippen LogP contribution in [-0.2, 0) is 6.54 Å². The van der Waals surface area contributed by atoms with Crippen LogP contribution in [0.2, 0.25) is 5.02 Å². The lowest BCUT2D eigenvalue weighted by atomic mass is 10.0. The maximum absolute atomic E-state index is 5.94. The van der Waals surface area contributed by atoms with Crippen LogP contribution in [0, 0.1) is 6.92 Å². The molecule has 19 heavy (non-hydrogen) atoms. The van der Waals surface area contributed by atoms with Crippen LogP contribution in [-0.4, -0.2) is 4.98 Å². The first kappa shape index (κ1) is 14.5. The van der Waals surface area contributed by atoms with Gasteiger partial charge in [0.2, 0.25) is 0 Å². The standard InChI is InChI=1S/C15H19ClN2S/c1-3-4-14(12-5-7-13(16)8-6-12)17-10-15-18-9-11(2)19-15/h5-9,14,17H,3-4,10H2,1-2H3. The zero-order valence-electron chi connectivity index (χ0n) is 11.3. The fraction of sp³-hybridized carbons (Fsp3) is 0.400. The summed E-state index contributed by atoms with van der Waals surface area (Å²) in [4.78, 5) is 5.65. The predicted octanol–water partition coefficient (Wildman–Crippen LogP) is 4.74. The molecule has 1 aromatic heterocycles. The summed E-state index contributed by atoms with van der Waals surface area (Å²) >= 11 is 7.69. The molecule has 0 aliphatic rings. The van der Waals surface area contributed by atoms with Crippen LogP contribution < -0.4 is 5.32 Å². The minimum Gasteiger partial charge on any atom is -0.304 e. The molecule has 0 aliphatic heterocycles. The summed E-state index contributed by atoms with van der Waals surface area (Å²) in [6, 6.07) is 8.47. The Labute approximate surface area is 123 Å². The molecule has 0 radical (unpaired) electrons. The number of nitrogens with one attached hydrogen (secondary N) is 1. The molecule has 1 heterocycles. The summed E-state index contributed by atoms with van der Waals surface area (Å²) in [5.41, 5.74) is 1.29. The Hall–Kier alpha value is -0.900. The molecule has 102 valence electrons. The van der Waals surface area contributed by atoms with Gasteiger partial charge in [0.15, 0.2) is 0 Å². The molecule has 1 unspecified atom stereocenters. The largest absolute Gasteiger partial charge is 0.304 e. The van der Waals surface area contributed by atoms with Gasteiger partial charge >= 0.3 is 0 Å². The third kappa shape index (κ3) is 4.30. The average Bonchev–Trinajstić information content (AvgIpc) is 2.81.